The number of primary amides is 1. The molecule has 0 aliphatic carbocycles. The third-order valence-electron chi connectivity index (χ3n) is 6.06. The summed E-state index contributed by atoms with van der Waals surface area (Å²) in [7, 11) is 0. The zero-order valence-electron chi connectivity index (χ0n) is 18.8. The van der Waals surface area contributed by atoms with Gasteiger partial charge in [0, 0.05) is 32.2 Å². The van der Waals surface area contributed by atoms with Gasteiger partial charge in [-0.3, -0.25) is 4.79 Å². The number of anilines is 3. The van der Waals surface area contributed by atoms with Crippen LogP contribution in [0.2, 0.25) is 0 Å². The number of amides is 3. The van der Waals surface area contributed by atoms with Gasteiger partial charge < -0.3 is 26.2 Å². The maximum atomic E-state index is 12.9. The number of carbonyl (C=O) groups is 2. The fraction of sp³-hybridized carbons (Fsp3) is 0.348. The van der Waals surface area contributed by atoms with Gasteiger partial charge in [0.25, 0.3) is 5.91 Å². The summed E-state index contributed by atoms with van der Waals surface area (Å²) < 4.78 is 4.24. The number of urea groups is 1. The number of hydrogen-bond donors (Lipinski definition) is 3. The van der Waals surface area contributed by atoms with Crippen molar-refractivity contribution in [2.75, 3.05) is 23.3 Å². The highest BCUT2D eigenvalue weighted by molar-refractivity contribution is 7.10. The molecular formula is C23H26N8O2S. The van der Waals surface area contributed by atoms with Gasteiger partial charge in [-0.25, -0.2) is 14.8 Å². The first kappa shape index (κ1) is 22.1. The molecule has 1 unspecified atom stereocenters. The SMILES string of the molecule is Cc1cc(Nc2nc(N3CCCC(NC(=O)N4Cc5ccccc5C4)C3)cnc2C(N)=O)sn1. The van der Waals surface area contributed by atoms with Crippen LogP contribution in [-0.2, 0) is 13.1 Å². The maximum absolute atomic E-state index is 12.9. The highest BCUT2D eigenvalue weighted by atomic mass is 32.1. The summed E-state index contributed by atoms with van der Waals surface area (Å²) in [5.41, 5.74) is 8.85. The molecule has 1 aromatic carbocycles. The van der Waals surface area contributed by atoms with Crippen molar-refractivity contribution in [3.8, 4) is 0 Å². The van der Waals surface area contributed by atoms with Crippen LogP contribution in [0.25, 0.3) is 0 Å². The highest BCUT2D eigenvalue weighted by Gasteiger charge is 2.28. The van der Waals surface area contributed by atoms with Crippen LogP contribution < -0.4 is 21.3 Å². The van der Waals surface area contributed by atoms with E-state index in [0.29, 0.717) is 31.3 Å². The molecule has 3 amide bonds. The number of aryl methyl sites for hydroxylation is 1. The van der Waals surface area contributed by atoms with E-state index in [9.17, 15) is 9.59 Å². The molecule has 176 valence electrons. The van der Waals surface area contributed by atoms with Crippen molar-refractivity contribution in [3.63, 3.8) is 0 Å². The van der Waals surface area contributed by atoms with Gasteiger partial charge in [-0.15, -0.1) is 0 Å². The number of rotatable bonds is 5. The predicted molar refractivity (Wildman–Crippen MR) is 130 cm³/mol. The van der Waals surface area contributed by atoms with E-state index in [4.69, 9.17) is 5.73 Å². The molecule has 10 nitrogen and oxygen atoms in total. The molecule has 11 heteroatoms. The summed E-state index contributed by atoms with van der Waals surface area (Å²) in [5.74, 6) is 0.272. The number of nitrogens with zero attached hydrogens (tertiary/aromatic N) is 5. The lowest BCUT2D eigenvalue weighted by Crippen LogP contribution is -2.51. The van der Waals surface area contributed by atoms with E-state index >= 15 is 0 Å². The molecule has 1 fully saturated rings. The van der Waals surface area contributed by atoms with Crippen molar-refractivity contribution in [1.29, 1.82) is 0 Å². The van der Waals surface area contributed by atoms with Gasteiger partial charge in [-0.1, -0.05) is 24.3 Å². The van der Waals surface area contributed by atoms with Crippen LogP contribution in [0.15, 0.2) is 36.5 Å². The minimum absolute atomic E-state index is 0.0110. The van der Waals surface area contributed by atoms with Crippen molar-refractivity contribution < 1.29 is 9.59 Å². The normalized spacial score (nSPS) is 17.4. The average Bonchev–Trinajstić information content (AvgIpc) is 3.45. The largest absolute Gasteiger partial charge is 0.364 e. The van der Waals surface area contributed by atoms with Gasteiger partial charge in [0.1, 0.15) is 10.8 Å². The molecule has 2 aliphatic heterocycles. The molecule has 2 aromatic heterocycles. The first-order valence-electron chi connectivity index (χ1n) is 11.2. The van der Waals surface area contributed by atoms with Crippen LogP contribution in [0.3, 0.4) is 0 Å². The van der Waals surface area contributed by atoms with Crippen molar-refractivity contribution in [3.05, 3.63) is 59.0 Å². The molecule has 34 heavy (non-hydrogen) atoms. The van der Waals surface area contributed by atoms with Crippen molar-refractivity contribution in [2.45, 2.75) is 38.9 Å². The fourth-order valence-corrected chi connectivity index (χ4v) is 5.05. The molecule has 2 aliphatic rings. The topological polar surface area (TPSA) is 129 Å². The first-order chi connectivity index (χ1) is 16.5. The Bertz CT molecular complexity index is 1200. The van der Waals surface area contributed by atoms with Gasteiger partial charge in [-0.05, 0) is 48.5 Å². The van der Waals surface area contributed by atoms with E-state index in [1.54, 1.807) is 6.20 Å². The quantitative estimate of drug-likeness (QED) is 0.514. The third-order valence-corrected chi connectivity index (χ3v) is 6.86. The fourth-order valence-electron chi connectivity index (χ4n) is 4.38. The standard InChI is InChI=1S/C23H26N8O2S/c1-14-9-19(34-29-14)28-22-20(21(24)32)25-10-18(27-22)30-8-4-7-17(13-30)26-23(33)31-11-15-5-2-3-6-16(15)12-31/h2-3,5-6,9-10,17H,4,7-8,11-13H2,1H3,(H2,24,32)(H,26,33)(H,27,28). The molecule has 0 radical (unpaired) electrons. The molecule has 4 N–H and O–H groups in total. The molecule has 5 rings (SSSR count). The van der Waals surface area contributed by atoms with E-state index in [0.717, 1.165) is 30.1 Å². The Morgan fingerprint density at radius 1 is 1.21 bits per heavy atom. The Labute approximate surface area is 201 Å². The minimum atomic E-state index is -0.654. The van der Waals surface area contributed by atoms with Crippen LogP contribution >= 0.6 is 11.5 Å². The van der Waals surface area contributed by atoms with Crippen LogP contribution in [-0.4, -0.2) is 50.3 Å². The van der Waals surface area contributed by atoms with E-state index in [1.165, 1.54) is 22.7 Å². The number of fused-ring (bicyclic) bond motifs is 1. The van der Waals surface area contributed by atoms with Gasteiger partial charge in [0.05, 0.1) is 11.9 Å². The average molecular weight is 479 g/mol. The second-order valence-corrected chi connectivity index (χ2v) is 9.41. The summed E-state index contributed by atoms with van der Waals surface area (Å²) in [6.45, 7) is 4.54. The van der Waals surface area contributed by atoms with Crippen LogP contribution in [0, 0.1) is 6.92 Å². The third kappa shape index (κ3) is 4.65. The predicted octanol–water partition coefficient (Wildman–Crippen LogP) is 2.78. The lowest BCUT2D eigenvalue weighted by atomic mass is 10.1. The van der Waals surface area contributed by atoms with Crippen molar-refractivity contribution in [2.24, 2.45) is 5.73 Å². The van der Waals surface area contributed by atoms with Crippen molar-refractivity contribution >= 4 is 40.1 Å². The van der Waals surface area contributed by atoms with E-state index < -0.39 is 5.91 Å². The Morgan fingerprint density at radius 3 is 2.65 bits per heavy atom. The first-order valence-corrected chi connectivity index (χ1v) is 12.0. The Hall–Kier alpha value is -3.73. The summed E-state index contributed by atoms with van der Waals surface area (Å²) in [5, 5.41) is 7.06. The molecule has 0 bridgehead atoms. The van der Waals surface area contributed by atoms with Crippen LogP contribution in [0.5, 0.6) is 0 Å². The van der Waals surface area contributed by atoms with Gasteiger partial charge in [-0.2, -0.15) is 4.37 Å². The van der Waals surface area contributed by atoms with E-state index in [-0.39, 0.29) is 17.8 Å². The Kier molecular flexibility index (Phi) is 6.01. The highest BCUT2D eigenvalue weighted by Crippen LogP contribution is 2.26. The minimum Gasteiger partial charge on any atom is -0.364 e. The molecule has 1 atom stereocenters. The van der Waals surface area contributed by atoms with Gasteiger partial charge in [0.15, 0.2) is 11.5 Å². The monoisotopic (exact) mass is 478 g/mol. The molecule has 0 spiro atoms. The lowest BCUT2D eigenvalue weighted by Gasteiger charge is -2.34. The second-order valence-electron chi connectivity index (χ2n) is 8.61. The zero-order valence-corrected chi connectivity index (χ0v) is 19.6. The number of aromatic nitrogens is 3. The lowest BCUT2D eigenvalue weighted by molar-refractivity contribution is 0.0996. The molecule has 3 aromatic rings. The Balaban J connectivity index is 1.27. The Morgan fingerprint density at radius 2 is 1.97 bits per heavy atom. The second kappa shape index (κ2) is 9.26. The number of piperidine rings is 1. The van der Waals surface area contributed by atoms with Gasteiger partial charge in [0.2, 0.25) is 0 Å². The molecule has 0 saturated carbocycles. The van der Waals surface area contributed by atoms with E-state index in [2.05, 4.69) is 42.0 Å². The summed E-state index contributed by atoms with van der Waals surface area (Å²) in [6, 6.07) is 9.94. The summed E-state index contributed by atoms with van der Waals surface area (Å²) >= 11 is 1.27. The summed E-state index contributed by atoms with van der Waals surface area (Å²) in [6.07, 6.45) is 3.35. The van der Waals surface area contributed by atoms with Gasteiger partial charge >= 0.3 is 6.03 Å². The van der Waals surface area contributed by atoms with Crippen LogP contribution in [0.1, 0.15) is 40.2 Å². The molecule has 1 saturated heterocycles. The zero-order chi connectivity index (χ0) is 23.7. The van der Waals surface area contributed by atoms with Crippen LogP contribution in [0.4, 0.5) is 21.4 Å². The summed E-state index contributed by atoms with van der Waals surface area (Å²) in [4.78, 5) is 37.6. The van der Waals surface area contributed by atoms with Crippen molar-refractivity contribution in [1.82, 2.24) is 24.6 Å². The van der Waals surface area contributed by atoms with E-state index in [1.807, 2.05) is 30.0 Å². The smallest absolute Gasteiger partial charge is 0.318 e. The molecular weight excluding hydrogens is 452 g/mol. The maximum Gasteiger partial charge on any atom is 0.318 e. The number of nitrogens with two attached hydrogens (primary N) is 1. The number of hydrogen-bond acceptors (Lipinski definition) is 8. The number of nitrogens with one attached hydrogen (secondary N) is 2. The number of benzene rings is 1. The molecule has 4 heterocycles. The number of carbonyl (C=O) groups excluding carboxylic acids is 2.